The molecule has 1 atom stereocenters. The number of aromatic nitrogens is 3. The standard InChI is InChI=1S/C17H22N4O2/c1-5-12(13(18)16(22)23-17(2,3)4)15-19-14(20-21-15)11-9-7-6-8-10-11/h6-10,12,18H,5H2,1-4H3,(H,19,20,21)/t12-/m0/s1. The second kappa shape index (κ2) is 6.73. The minimum atomic E-state index is -0.627. The number of ether oxygens (including phenoxy) is 1. The van der Waals surface area contributed by atoms with Crippen molar-refractivity contribution in [2.75, 3.05) is 0 Å². The predicted octanol–water partition coefficient (Wildman–Crippen LogP) is 3.33. The van der Waals surface area contributed by atoms with E-state index >= 15 is 0 Å². The number of rotatable bonds is 5. The molecule has 2 aromatic rings. The van der Waals surface area contributed by atoms with Crippen LogP contribution in [0.4, 0.5) is 0 Å². The Labute approximate surface area is 135 Å². The summed E-state index contributed by atoms with van der Waals surface area (Å²) in [7, 11) is 0. The lowest BCUT2D eigenvalue weighted by atomic mass is 9.99. The van der Waals surface area contributed by atoms with Crippen LogP contribution in [-0.4, -0.2) is 32.5 Å². The summed E-state index contributed by atoms with van der Waals surface area (Å²) in [6, 6.07) is 9.60. The van der Waals surface area contributed by atoms with Crippen LogP contribution in [0.5, 0.6) is 0 Å². The molecule has 0 saturated heterocycles. The Morgan fingerprint density at radius 3 is 2.48 bits per heavy atom. The first-order valence-electron chi connectivity index (χ1n) is 7.61. The highest BCUT2D eigenvalue weighted by Gasteiger charge is 2.28. The zero-order valence-corrected chi connectivity index (χ0v) is 13.9. The Bertz CT molecular complexity index is 686. The third-order valence-electron chi connectivity index (χ3n) is 3.26. The van der Waals surface area contributed by atoms with Gasteiger partial charge in [-0.25, -0.2) is 4.79 Å². The van der Waals surface area contributed by atoms with E-state index in [0.717, 1.165) is 5.56 Å². The predicted molar refractivity (Wildman–Crippen MR) is 88.4 cm³/mol. The Balaban J connectivity index is 2.20. The van der Waals surface area contributed by atoms with Crippen molar-refractivity contribution in [3.63, 3.8) is 0 Å². The van der Waals surface area contributed by atoms with Crippen molar-refractivity contribution in [2.24, 2.45) is 0 Å². The fourth-order valence-electron chi connectivity index (χ4n) is 2.17. The van der Waals surface area contributed by atoms with Gasteiger partial charge in [-0.2, -0.15) is 0 Å². The first-order chi connectivity index (χ1) is 10.8. The third-order valence-corrected chi connectivity index (χ3v) is 3.26. The van der Waals surface area contributed by atoms with Gasteiger partial charge in [-0.15, -0.1) is 10.2 Å². The Morgan fingerprint density at radius 1 is 1.26 bits per heavy atom. The van der Waals surface area contributed by atoms with Crippen LogP contribution in [0.15, 0.2) is 30.3 Å². The zero-order chi connectivity index (χ0) is 17.0. The summed E-state index contributed by atoms with van der Waals surface area (Å²) in [6.45, 7) is 7.23. The van der Waals surface area contributed by atoms with Crippen LogP contribution in [0.3, 0.4) is 0 Å². The van der Waals surface area contributed by atoms with Crippen molar-refractivity contribution in [1.29, 1.82) is 5.41 Å². The lowest BCUT2D eigenvalue weighted by molar-refractivity contribution is -0.146. The molecule has 0 amide bonds. The van der Waals surface area contributed by atoms with Gasteiger partial charge in [0.25, 0.3) is 0 Å². The van der Waals surface area contributed by atoms with Crippen molar-refractivity contribution in [3.05, 3.63) is 36.2 Å². The van der Waals surface area contributed by atoms with E-state index in [2.05, 4.69) is 15.2 Å². The first kappa shape index (κ1) is 16.9. The molecule has 6 heteroatoms. The molecule has 23 heavy (non-hydrogen) atoms. The van der Waals surface area contributed by atoms with Crippen LogP contribution < -0.4 is 0 Å². The Morgan fingerprint density at radius 2 is 1.91 bits per heavy atom. The summed E-state index contributed by atoms with van der Waals surface area (Å²) >= 11 is 0. The number of hydrogen-bond donors (Lipinski definition) is 2. The summed E-state index contributed by atoms with van der Waals surface area (Å²) in [5.41, 5.74) is 0.168. The van der Waals surface area contributed by atoms with Crippen molar-refractivity contribution in [3.8, 4) is 11.4 Å². The van der Waals surface area contributed by atoms with E-state index in [0.29, 0.717) is 18.1 Å². The molecule has 2 rings (SSSR count). The zero-order valence-electron chi connectivity index (χ0n) is 13.9. The smallest absolute Gasteiger partial charge is 0.353 e. The normalized spacial score (nSPS) is 12.7. The van der Waals surface area contributed by atoms with Crippen LogP contribution in [0.25, 0.3) is 11.4 Å². The number of H-pyrrole nitrogens is 1. The second-order valence-electron chi connectivity index (χ2n) is 6.30. The maximum atomic E-state index is 12.1. The SMILES string of the molecule is CC[C@@H](C(=N)C(=O)OC(C)(C)C)c1nnc(-c2ccccc2)[nH]1. The van der Waals surface area contributed by atoms with Crippen LogP contribution >= 0.6 is 0 Å². The summed E-state index contributed by atoms with van der Waals surface area (Å²) in [5.74, 6) is 0.0371. The number of benzene rings is 1. The highest BCUT2D eigenvalue weighted by Crippen LogP contribution is 2.22. The summed E-state index contributed by atoms with van der Waals surface area (Å²) in [6.07, 6.45) is 0.557. The lowest BCUT2D eigenvalue weighted by Gasteiger charge is -2.21. The van der Waals surface area contributed by atoms with E-state index < -0.39 is 17.5 Å². The number of aromatic amines is 1. The summed E-state index contributed by atoms with van der Waals surface area (Å²) in [4.78, 5) is 15.2. The number of esters is 1. The fourth-order valence-corrected chi connectivity index (χ4v) is 2.17. The number of hydrogen-bond acceptors (Lipinski definition) is 5. The van der Waals surface area contributed by atoms with Gasteiger partial charge in [0.2, 0.25) is 0 Å². The monoisotopic (exact) mass is 314 g/mol. The molecule has 0 fully saturated rings. The third kappa shape index (κ3) is 4.25. The van der Waals surface area contributed by atoms with Gasteiger partial charge in [0.05, 0.1) is 5.92 Å². The molecule has 0 radical (unpaired) electrons. The molecule has 0 unspecified atom stereocenters. The van der Waals surface area contributed by atoms with E-state index in [9.17, 15) is 4.79 Å². The van der Waals surface area contributed by atoms with Crippen LogP contribution in [0.2, 0.25) is 0 Å². The van der Waals surface area contributed by atoms with Gasteiger partial charge in [-0.1, -0.05) is 37.3 Å². The van der Waals surface area contributed by atoms with Crippen molar-refractivity contribution < 1.29 is 9.53 Å². The molecule has 1 aromatic heterocycles. The number of carbonyl (C=O) groups excluding carboxylic acids is 1. The minimum absolute atomic E-state index is 0.113. The average Bonchev–Trinajstić information content (AvgIpc) is 2.97. The summed E-state index contributed by atoms with van der Waals surface area (Å²) < 4.78 is 5.27. The Hall–Kier alpha value is -2.50. The second-order valence-corrected chi connectivity index (χ2v) is 6.30. The topological polar surface area (TPSA) is 91.7 Å². The number of carbonyl (C=O) groups is 1. The van der Waals surface area contributed by atoms with Gasteiger partial charge in [-0.3, -0.25) is 5.41 Å². The highest BCUT2D eigenvalue weighted by molar-refractivity contribution is 6.37. The lowest BCUT2D eigenvalue weighted by Crippen LogP contribution is -2.31. The molecule has 0 aliphatic rings. The molecule has 0 saturated carbocycles. The van der Waals surface area contributed by atoms with Gasteiger partial charge in [-0.05, 0) is 27.2 Å². The van der Waals surface area contributed by atoms with Gasteiger partial charge >= 0.3 is 5.97 Å². The van der Waals surface area contributed by atoms with Crippen LogP contribution in [0, 0.1) is 5.41 Å². The van der Waals surface area contributed by atoms with Crippen molar-refractivity contribution >= 4 is 11.7 Å². The van der Waals surface area contributed by atoms with E-state index in [-0.39, 0.29) is 5.71 Å². The molecule has 2 N–H and O–H groups in total. The number of nitrogens with zero attached hydrogens (tertiary/aromatic N) is 2. The van der Waals surface area contributed by atoms with Crippen molar-refractivity contribution in [2.45, 2.75) is 45.6 Å². The quantitative estimate of drug-likeness (QED) is 0.654. The average molecular weight is 314 g/mol. The van der Waals surface area contributed by atoms with E-state index in [1.165, 1.54) is 0 Å². The molecule has 1 heterocycles. The van der Waals surface area contributed by atoms with Gasteiger partial charge in [0.15, 0.2) is 5.82 Å². The fraction of sp³-hybridized carbons (Fsp3) is 0.412. The van der Waals surface area contributed by atoms with E-state index in [1.807, 2.05) is 37.3 Å². The number of nitrogens with one attached hydrogen (secondary N) is 2. The van der Waals surface area contributed by atoms with E-state index in [1.54, 1.807) is 20.8 Å². The maximum absolute atomic E-state index is 12.1. The molecule has 0 aliphatic heterocycles. The molecule has 1 aromatic carbocycles. The molecule has 0 bridgehead atoms. The molecule has 122 valence electrons. The van der Waals surface area contributed by atoms with Gasteiger partial charge in [0, 0.05) is 5.56 Å². The van der Waals surface area contributed by atoms with Gasteiger partial charge < -0.3 is 9.72 Å². The summed E-state index contributed by atoms with van der Waals surface area (Å²) in [5, 5.41) is 16.3. The maximum Gasteiger partial charge on any atom is 0.353 e. The molecule has 0 spiro atoms. The van der Waals surface area contributed by atoms with Crippen LogP contribution in [0.1, 0.15) is 45.9 Å². The molecule has 0 aliphatic carbocycles. The largest absolute Gasteiger partial charge is 0.455 e. The van der Waals surface area contributed by atoms with Crippen molar-refractivity contribution in [1.82, 2.24) is 15.2 Å². The van der Waals surface area contributed by atoms with Gasteiger partial charge in [0.1, 0.15) is 17.1 Å². The molecular formula is C17H22N4O2. The molecular weight excluding hydrogens is 292 g/mol. The molecule has 6 nitrogen and oxygen atoms in total. The first-order valence-corrected chi connectivity index (χ1v) is 7.61. The van der Waals surface area contributed by atoms with E-state index in [4.69, 9.17) is 10.1 Å². The van der Waals surface area contributed by atoms with Crippen LogP contribution in [-0.2, 0) is 9.53 Å². The minimum Gasteiger partial charge on any atom is -0.455 e. The Kier molecular flexibility index (Phi) is 4.93. The highest BCUT2D eigenvalue weighted by atomic mass is 16.6.